The number of ether oxygens (including phenoxy) is 2. The molecule has 0 radical (unpaired) electrons. The summed E-state index contributed by atoms with van der Waals surface area (Å²) in [6, 6.07) is 0. The van der Waals surface area contributed by atoms with Crippen molar-refractivity contribution >= 4 is 11.9 Å². The third-order valence-corrected chi connectivity index (χ3v) is 2.70. The van der Waals surface area contributed by atoms with Crippen LogP contribution in [0.4, 0.5) is 0 Å². The quantitative estimate of drug-likeness (QED) is 0.521. The van der Waals surface area contributed by atoms with Crippen LogP contribution in [0.2, 0.25) is 0 Å². The van der Waals surface area contributed by atoms with Gasteiger partial charge in [-0.2, -0.15) is 0 Å². The summed E-state index contributed by atoms with van der Waals surface area (Å²) >= 11 is 0. The maximum Gasteiger partial charge on any atom is 0.305 e. The van der Waals surface area contributed by atoms with Crippen LogP contribution in [0.1, 0.15) is 46.5 Å². The van der Waals surface area contributed by atoms with Crippen molar-refractivity contribution in [3.05, 3.63) is 0 Å². The lowest BCUT2D eigenvalue weighted by Crippen LogP contribution is -2.42. The molecule has 0 saturated heterocycles. The molecule has 1 saturated carbocycles. The Labute approximate surface area is 89.9 Å². The molecule has 0 heterocycles. The second-order valence-electron chi connectivity index (χ2n) is 4.28. The Hall–Kier alpha value is -1.06. The van der Waals surface area contributed by atoms with Crippen LogP contribution in [0, 0.1) is 5.92 Å². The average molecular weight is 214 g/mol. The van der Waals surface area contributed by atoms with E-state index in [0.717, 1.165) is 12.8 Å². The summed E-state index contributed by atoms with van der Waals surface area (Å²) in [5, 5.41) is 0. The van der Waals surface area contributed by atoms with Gasteiger partial charge in [0.15, 0.2) is 0 Å². The van der Waals surface area contributed by atoms with Crippen LogP contribution in [0.3, 0.4) is 0 Å². The Morgan fingerprint density at radius 3 is 1.80 bits per heavy atom. The second-order valence-corrected chi connectivity index (χ2v) is 4.28. The second kappa shape index (κ2) is 4.64. The molecule has 0 N–H and O–H groups in total. The van der Waals surface area contributed by atoms with Crippen LogP contribution in [-0.2, 0) is 19.1 Å². The van der Waals surface area contributed by atoms with Crippen LogP contribution in [0.15, 0.2) is 0 Å². The molecule has 4 nitrogen and oxygen atoms in total. The molecule has 4 heteroatoms. The lowest BCUT2D eigenvalue weighted by molar-refractivity contribution is -0.238. The van der Waals surface area contributed by atoms with Gasteiger partial charge in [-0.05, 0) is 18.8 Å². The maximum absolute atomic E-state index is 11.0. The molecule has 0 unspecified atom stereocenters. The normalized spacial score (nSPS) is 20.7. The van der Waals surface area contributed by atoms with Gasteiger partial charge in [0.2, 0.25) is 0 Å². The molecule has 0 atom stereocenters. The van der Waals surface area contributed by atoms with Gasteiger partial charge in [0.25, 0.3) is 5.79 Å². The van der Waals surface area contributed by atoms with Crippen molar-refractivity contribution in [1.82, 2.24) is 0 Å². The van der Waals surface area contributed by atoms with Crippen LogP contribution in [0.5, 0.6) is 0 Å². The van der Waals surface area contributed by atoms with Gasteiger partial charge in [0.05, 0.1) is 0 Å². The minimum Gasteiger partial charge on any atom is -0.423 e. The van der Waals surface area contributed by atoms with Crippen molar-refractivity contribution in [2.24, 2.45) is 5.92 Å². The number of rotatable bonds is 2. The molecule has 0 spiro atoms. The van der Waals surface area contributed by atoms with Gasteiger partial charge in [0, 0.05) is 26.7 Å². The van der Waals surface area contributed by atoms with Crippen molar-refractivity contribution < 1.29 is 19.1 Å². The van der Waals surface area contributed by atoms with Gasteiger partial charge in [-0.15, -0.1) is 0 Å². The highest BCUT2D eigenvalue weighted by molar-refractivity contribution is 5.68. The number of carbonyl (C=O) groups is 2. The molecule has 1 fully saturated rings. The molecule has 0 aromatic carbocycles. The van der Waals surface area contributed by atoms with Crippen molar-refractivity contribution in [2.45, 2.75) is 52.2 Å². The molecule has 0 aromatic heterocycles. The van der Waals surface area contributed by atoms with Crippen molar-refractivity contribution in [3.63, 3.8) is 0 Å². The van der Waals surface area contributed by atoms with E-state index in [1.807, 2.05) is 0 Å². The number of esters is 2. The van der Waals surface area contributed by atoms with Crippen LogP contribution >= 0.6 is 0 Å². The first-order valence-corrected chi connectivity index (χ1v) is 5.33. The predicted molar refractivity (Wildman–Crippen MR) is 53.9 cm³/mol. The summed E-state index contributed by atoms with van der Waals surface area (Å²) in [4.78, 5) is 21.9. The standard InChI is InChI=1S/C11H18O4/c1-8-4-6-11(7-5-8,14-9(2)12)15-10(3)13/h8H,4-7H2,1-3H3. The van der Waals surface area contributed by atoms with E-state index < -0.39 is 17.7 Å². The topological polar surface area (TPSA) is 52.6 Å². The number of carbonyl (C=O) groups excluding carboxylic acids is 2. The first kappa shape index (κ1) is 12.0. The Bertz CT molecular complexity index is 233. The first-order chi connectivity index (χ1) is 6.93. The van der Waals surface area contributed by atoms with Crippen LogP contribution in [-0.4, -0.2) is 17.7 Å². The van der Waals surface area contributed by atoms with Crippen LogP contribution in [0.25, 0.3) is 0 Å². The molecule has 1 aliphatic rings. The molecular weight excluding hydrogens is 196 g/mol. The molecule has 86 valence electrons. The fraction of sp³-hybridized carbons (Fsp3) is 0.818. The maximum atomic E-state index is 11.0. The monoisotopic (exact) mass is 214 g/mol. The van der Waals surface area contributed by atoms with E-state index in [-0.39, 0.29) is 0 Å². The summed E-state index contributed by atoms with van der Waals surface area (Å²) in [6.45, 7) is 4.82. The molecule has 1 aliphatic carbocycles. The highest BCUT2D eigenvalue weighted by Crippen LogP contribution is 2.35. The number of hydrogen-bond acceptors (Lipinski definition) is 4. The van der Waals surface area contributed by atoms with E-state index >= 15 is 0 Å². The highest BCUT2D eigenvalue weighted by Gasteiger charge is 2.40. The average Bonchev–Trinajstić information content (AvgIpc) is 2.08. The van der Waals surface area contributed by atoms with Gasteiger partial charge in [-0.3, -0.25) is 9.59 Å². The van der Waals surface area contributed by atoms with E-state index in [1.54, 1.807) is 0 Å². The first-order valence-electron chi connectivity index (χ1n) is 5.33. The zero-order valence-electron chi connectivity index (χ0n) is 9.54. The fourth-order valence-corrected chi connectivity index (χ4v) is 1.95. The Morgan fingerprint density at radius 1 is 1.07 bits per heavy atom. The summed E-state index contributed by atoms with van der Waals surface area (Å²) < 4.78 is 10.3. The van der Waals surface area contributed by atoms with Crippen molar-refractivity contribution in [1.29, 1.82) is 0 Å². The highest BCUT2D eigenvalue weighted by atomic mass is 16.7. The Kier molecular flexibility index (Phi) is 3.72. The molecule has 15 heavy (non-hydrogen) atoms. The van der Waals surface area contributed by atoms with E-state index in [2.05, 4.69) is 6.92 Å². The summed E-state index contributed by atoms with van der Waals surface area (Å²) in [5.74, 6) is -1.19. The molecule has 0 aromatic rings. The summed E-state index contributed by atoms with van der Waals surface area (Å²) in [6.07, 6.45) is 3.04. The molecule has 1 rings (SSSR count). The van der Waals surface area contributed by atoms with Crippen LogP contribution < -0.4 is 0 Å². The minimum atomic E-state index is -0.996. The van der Waals surface area contributed by atoms with Gasteiger partial charge < -0.3 is 9.47 Å². The molecule has 0 aliphatic heterocycles. The summed E-state index contributed by atoms with van der Waals surface area (Å²) in [5.41, 5.74) is 0. The predicted octanol–water partition coefficient (Wildman–Crippen LogP) is 2.02. The fourth-order valence-electron chi connectivity index (χ4n) is 1.95. The van der Waals surface area contributed by atoms with Gasteiger partial charge in [0.1, 0.15) is 0 Å². The van der Waals surface area contributed by atoms with E-state index in [1.165, 1.54) is 13.8 Å². The van der Waals surface area contributed by atoms with E-state index in [9.17, 15) is 9.59 Å². The van der Waals surface area contributed by atoms with Gasteiger partial charge in [-0.1, -0.05) is 6.92 Å². The Morgan fingerprint density at radius 2 is 1.47 bits per heavy atom. The zero-order chi connectivity index (χ0) is 11.5. The minimum absolute atomic E-state index is 0.397. The van der Waals surface area contributed by atoms with E-state index in [4.69, 9.17) is 9.47 Å². The third-order valence-electron chi connectivity index (χ3n) is 2.70. The zero-order valence-corrected chi connectivity index (χ0v) is 9.54. The molecule has 0 bridgehead atoms. The number of hydrogen-bond donors (Lipinski definition) is 0. The third kappa shape index (κ3) is 3.53. The SMILES string of the molecule is CC(=O)OC1(OC(C)=O)CCC(C)CC1. The van der Waals surface area contributed by atoms with Crippen molar-refractivity contribution in [2.75, 3.05) is 0 Å². The largest absolute Gasteiger partial charge is 0.423 e. The lowest BCUT2D eigenvalue weighted by Gasteiger charge is -2.37. The van der Waals surface area contributed by atoms with Gasteiger partial charge in [-0.25, -0.2) is 0 Å². The summed E-state index contributed by atoms with van der Waals surface area (Å²) in [7, 11) is 0. The Balaban J connectivity index is 2.68. The lowest BCUT2D eigenvalue weighted by atomic mass is 9.86. The van der Waals surface area contributed by atoms with Gasteiger partial charge >= 0.3 is 11.9 Å². The smallest absolute Gasteiger partial charge is 0.305 e. The van der Waals surface area contributed by atoms with Crippen molar-refractivity contribution in [3.8, 4) is 0 Å². The molecular formula is C11H18O4. The van der Waals surface area contributed by atoms with E-state index in [0.29, 0.717) is 18.8 Å². The molecule has 0 amide bonds.